The molecule has 0 aliphatic carbocycles. The van der Waals surface area contributed by atoms with Gasteiger partial charge in [0.1, 0.15) is 12.3 Å². The van der Waals surface area contributed by atoms with Crippen LogP contribution in [0.25, 0.3) is 11.2 Å². The minimum Gasteiger partial charge on any atom is -0.461 e. The lowest BCUT2D eigenvalue weighted by molar-refractivity contribution is -0.276. The molecule has 0 amide bonds. The van der Waals surface area contributed by atoms with E-state index in [1.54, 1.807) is 0 Å². The summed E-state index contributed by atoms with van der Waals surface area (Å²) in [4.78, 5) is 18.5. The second kappa shape index (κ2) is 8.43. The molecule has 0 atom stereocenters. The van der Waals surface area contributed by atoms with Gasteiger partial charge >= 0.3 is 18.3 Å². The molecule has 0 spiro atoms. The minimum atomic E-state index is -5.96. The van der Waals surface area contributed by atoms with Crippen LogP contribution in [0.1, 0.15) is 11.3 Å². The van der Waals surface area contributed by atoms with Crippen molar-refractivity contribution in [2.24, 2.45) is 10.7 Å². The van der Waals surface area contributed by atoms with Crippen LogP contribution in [0.5, 0.6) is 5.75 Å². The molecule has 2 rings (SSSR count). The molecule has 0 saturated heterocycles. The molecular formula is C15H10F9N5O2. The molecule has 31 heavy (non-hydrogen) atoms. The maximum Gasteiger partial charge on any atom is 0.455 e. The molecule has 0 unspecified atom stereocenters. The van der Waals surface area contributed by atoms with Gasteiger partial charge in [-0.2, -0.15) is 44.7 Å². The lowest BCUT2D eigenvalue weighted by Gasteiger charge is -2.17. The van der Waals surface area contributed by atoms with Crippen LogP contribution >= 0.6 is 0 Å². The molecule has 170 valence electrons. The van der Waals surface area contributed by atoms with Crippen LogP contribution in [0.4, 0.5) is 39.5 Å². The van der Waals surface area contributed by atoms with Crippen LogP contribution in [0, 0.1) is 0 Å². The third-order valence-corrected chi connectivity index (χ3v) is 3.55. The number of nitrogens with zero attached hydrogens (tertiary/aromatic N) is 4. The van der Waals surface area contributed by atoms with Crippen LogP contribution in [-0.4, -0.2) is 46.3 Å². The number of hydrogen-bond donors (Lipinski definition) is 1. The highest BCUT2D eigenvalue weighted by molar-refractivity contribution is 6.10. The highest BCUT2D eigenvalue weighted by Crippen LogP contribution is 2.36. The molecule has 0 bridgehead atoms. The van der Waals surface area contributed by atoms with Crippen molar-refractivity contribution in [3.05, 3.63) is 40.1 Å². The van der Waals surface area contributed by atoms with E-state index in [-0.39, 0.29) is 12.0 Å². The Morgan fingerprint density at radius 2 is 1.84 bits per heavy atom. The van der Waals surface area contributed by atoms with E-state index in [2.05, 4.69) is 19.8 Å². The van der Waals surface area contributed by atoms with E-state index < -0.39 is 59.7 Å². The normalized spacial score (nSPS) is 13.9. The van der Waals surface area contributed by atoms with E-state index in [1.165, 1.54) is 0 Å². The first-order valence-electron chi connectivity index (χ1n) is 7.78. The van der Waals surface area contributed by atoms with Gasteiger partial charge in [0.15, 0.2) is 11.3 Å². The zero-order chi connectivity index (χ0) is 23.6. The summed E-state index contributed by atoms with van der Waals surface area (Å²) in [6, 6.07) is 0.761. The zero-order valence-electron chi connectivity index (χ0n) is 14.8. The Balaban J connectivity index is 2.63. The van der Waals surface area contributed by atoms with Gasteiger partial charge in [-0.15, -0.1) is 0 Å². The summed E-state index contributed by atoms with van der Waals surface area (Å²) >= 11 is 0. The van der Waals surface area contributed by atoms with Crippen molar-refractivity contribution in [1.29, 1.82) is 0 Å². The molecule has 2 N–H and O–H groups in total. The first-order valence-corrected chi connectivity index (χ1v) is 7.78. The average Bonchev–Trinajstić information content (AvgIpc) is 2.64. The lowest BCUT2D eigenvalue weighted by atomic mass is 10.1. The second-order valence-electron chi connectivity index (χ2n) is 5.65. The topological polar surface area (TPSA) is 94.9 Å². The van der Waals surface area contributed by atoms with Gasteiger partial charge in [0.25, 0.3) is 5.56 Å². The van der Waals surface area contributed by atoms with E-state index in [0.29, 0.717) is 10.7 Å². The third-order valence-electron chi connectivity index (χ3n) is 3.55. The van der Waals surface area contributed by atoms with Gasteiger partial charge in [-0.25, -0.2) is 9.37 Å². The Morgan fingerprint density at radius 1 is 1.19 bits per heavy atom. The number of nitrogens with two attached hydrogens (primary N) is 1. The number of halogens is 9. The zero-order valence-corrected chi connectivity index (χ0v) is 14.8. The van der Waals surface area contributed by atoms with Crippen molar-refractivity contribution in [3.63, 3.8) is 0 Å². The Kier molecular flexibility index (Phi) is 6.51. The predicted octanol–water partition coefficient (Wildman–Crippen LogP) is 2.98. The number of hydrogen-bond acceptors (Lipinski definition) is 6. The van der Waals surface area contributed by atoms with E-state index >= 15 is 0 Å². The molecule has 2 aromatic heterocycles. The summed E-state index contributed by atoms with van der Waals surface area (Å²) < 4.78 is 120. The van der Waals surface area contributed by atoms with Crippen molar-refractivity contribution in [2.75, 3.05) is 13.4 Å². The number of allylic oxidation sites excluding steroid dienone is 1. The Hall–Kier alpha value is -3.33. The second-order valence-corrected chi connectivity index (χ2v) is 5.65. The van der Waals surface area contributed by atoms with Crippen molar-refractivity contribution in [1.82, 2.24) is 14.6 Å². The van der Waals surface area contributed by atoms with Crippen molar-refractivity contribution in [3.8, 4) is 5.75 Å². The maximum absolute atomic E-state index is 13.5. The number of aromatic nitrogens is 3. The SMILES string of the molecule is N/C=C(\C=NCC(F)(F)C(F)(F)F)c1c(C(F)(F)F)nc2cc(OCF)cnn2c1=O. The van der Waals surface area contributed by atoms with Crippen molar-refractivity contribution >= 4 is 17.4 Å². The van der Waals surface area contributed by atoms with Crippen LogP contribution in [0.3, 0.4) is 0 Å². The van der Waals surface area contributed by atoms with E-state index in [9.17, 15) is 44.3 Å². The van der Waals surface area contributed by atoms with E-state index in [0.717, 1.165) is 12.3 Å². The van der Waals surface area contributed by atoms with Crippen molar-refractivity contribution in [2.45, 2.75) is 18.3 Å². The summed E-state index contributed by atoms with van der Waals surface area (Å²) in [7, 11) is 0. The van der Waals surface area contributed by atoms with Gasteiger partial charge in [-0.1, -0.05) is 0 Å². The summed E-state index contributed by atoms with van der Waals surface area (Å²) in [5.74, 6) is -5.64. The highest BCUT2D eigenvalue weighted by atomic mass is 19.4. The molecule has 0 aliphatic rings. The smallest absolute Gasteiger partial charge is 0.455 e. The van der Waals surface area contributed by atoms with Crippen molar-refractivity contribution < 1.29 is 44.3 Å². The summed E-state index contributed by atoms with van der Waals surface area (Å²) in [6.07, 6.45) is -9.98. The molecule has 2 aromatic rings. The highest BCUT2D eigenvalue weighted by Gasteiger charge is 2.57. The number of alkyl halides is 9. The van der Waals surface area contributed by atoms with Crippen LogP contribution in [-0.2, 0) is 6.18 Å². The number of rotatable bonds is 6. The molecule has 0 aliphatic heterocycles. The van der Waals surface area contributed by atoms with Gasteiger partial charge < -0.3 is 10.5 Å². The average molecular weight is 463 g/mol. The largest absolute Gasteiger partial charge is 0.461 e. The standard InChI is InChI=1S/C15H10F9N5O2/c16-6-31-8-1-9-28-11(14(19,20)21)10(12(30)29(9)27-4-8)7(2-25)3-26-5-13(17,18)15(22,23)24/h1-4H,5-6,25H2/b7-2+,26-3?. The first kappa shape index (κ1) is 23.9. The number of ether oxygens (including phenoxy) is 1. The summed E-state index contributed by atoms with van der Waals surface area (Å²) in [5.41, 5.74) is -1.19. The molecule has 7 nitrogen and oxygen atoms in total. The molecular weight excluding hydrogens is 453 g/mol. The van der Waals surface area contributed by atoms with E-state index in [4.69, 9.17) is 5.73 Å². The Bertz CT molecular complexity index is 1070. The molecule has 0 fully saturated rings. The quantitative estimate of drug-likeness (QED) is 0.525. The Labute approximate surface area is 165 Å². The molecule has 16 heteroatoms. The predicted molar refractivity (Wildman–Crippen MR) is 87.4 cm³/mol. The molecule has 0 aromatic carbocycles. The van der Waals surface area contributed by atoms with Gasteiger partial charge in [0, 0.05) is 24.1 Å². The fourth-order valence-electron chi connectivity index (χ4n) is 2.16. The monoisotopic (exact) mass is 463 g/mol. The number of aliphatic imine (C=N–C) groups is 1. The van der Waals surface area contributed by atoms with Gasteiger partial charge in [-0.05, 0) is 0 Å². The summed E-state index contributed by atoms with van der Waals surface area (Å²) in [6.45, 7) is -3.52. The first-order chi connectivity index (χ1) is 14.2. The molecule has 2 heterocycles. The molecule has 0 radical (unpaired) electrons. The summed E-state index contributed by atoms with van der Waals surface area (Å²) in [5, 5.41) is 3.45. The fraction of sp³-hybridized carbons (Fsp3) is 0.333. The van der Waals surface area contributed by atoms with Gasteiger partial charge in [0.2, 0.25) is 6.86 Å². The molecule has 0 saturated carbocycles. The third kappa shape index (κ3) is 5.05. The van der Waals surface area contributed by atoms with Crippen LogP contribution in [0.15, 0.2) is 28.3 Å². The fourth-order valence-corrected chi connectivity index (χ4v) is 2.16. The Morgan fingerprint density at radius 3 is 2.35 bits per heavy atom. The van der Waals surface area contributed by atoms with Gasteiger partial charge in [0.05, 0.1) is 11.8 Å². The minimum absolute atomic E-state index is 0.153. The lowest BCUT2D eigenvalue weighted by Crippen LogP contribution is -2.39. The van der Waals surface area contributed by atoms with Gasteiger partial charge in [-0.3, -0.25) is 9.79 Å². The van der Waals surface area contributed by atoms with Crippen LogP contribution < -0.4 is 16.0 Å². The maximum atomic E-state index is 13.5. The number of fused-ring (bicyclic) bond motifs is 1. The van der Waals surface area contributed by atoms with E-state index in [1.807, 2.05) is 0 Å². The van der Waals surface area contributed by atoms with Crippen LogP contribution in [0.2, 0.25) is 0 Å².